The zero-order valence-electron chi connectivity index (χ0n) is 10.2. The van der Waals surface area contributed by atoms with Crippen LogP contribution in [0.15, 0.2) is 42.5 Å². The first kappa shape index (κ1) is 10.3. The maximum absolute atomic E-state index is 3.31. The maximum atomic E-state index is 3.31. The lowest BCUT2D eigenvalue weighted by atomic mass is 9.94. The van der Waals surface area contributed by atoms with Crippen LogP contribution in [-0.2, 0) is 6.42 Å². The van der Waals surface area contributed by atoms with Crippen LogP contribution in [0.4, 0.5) is 0 Å². The van der Waals surface area contributed by atoms with Gasteiger partial charge in [-0.05, 0) is 17.9 Å². The number of aryl methyl sites for hydroxylation is 1. The van der Waals surface area contributed by atoms with Crippen LogP contribution < -0.4 is 5.22 Å². The van der Waals surface area contributed by atoms with Gasteiger partial charge < -0.3 is 0 Å². The van der Waals surface area contributed by atoms with Gasteiger partial charge in [-0.3, -0.25) is 0 Å². The molecule has 3 rings (SSSR count). The van der Waals surface area contributed by atoms with Gasteiger partial charge >= 0.3 is 0 Å². The van der Waals surface area contributed by atoms with E-state index < -0.39 is 0 Å². The molecule has 3 aromatic rings. The molecule has 0 fully saturated rings. The summed E-state index contributed by atoms with van der Waals surface area (Å²) in [5, 5.41) is 6.65. The minimum Gasteiger partial charge on any atom is -0.0609 e. The Bertz CT molecular complexity index is 720. The van der Waals surface area contributed by atoms with Gasteiger partial charge in [0.2, 0.25) is 0 Å². The molecule has 3 aromatic carbocycles. The summed E-state index contributed by atoms with van der Waals surface area (Å²) in [5.41, 5.74) is 1.42. The van der Waals surface area contributed by atoms with E-state index in [0.717, 1.165) is 6.42 Å². The Kier molecular flexibility index (Phi) is 2.31. The quantitative estimate of drug-likeness (QED) is 0.544. The van der Waals surface area contributed by atoms with E-state index in [4.69, 9.17) is 0 Å². The lowest BCUT2D eigenvalue weighted by Crippen LogP contribution is -2.04. The molecule has 0 atom stereocenters. The SMILES string of the molecule is C[C+]=c1ccc2cccc3ccc(CC)c1c32. The fourth-order valence-corrected chi connectivity index (χ4v) is 2.66. The lowest BCUT2D eigenvalue weighted by molar-refractivity contribution is 1.16. The summed E-state index contributed by atoms with van der Waals surface area (Å²) in [6.07, 6.45) is 4.38. The van der Waals surface area contributed by atoms with Gasteiger partial charge in [0.05, 0.1) is 11.5 Å². The molecule has 0 spiro atoms. The van der Waals surface area contributed by atoms with Gasteiger partial charge in [-0.1, -0.05) is 31.2 Å². The summed E-state index contributed by atoms with van der Waals surface area (Å²) in [5.74, 6) is 0. The molecule has 0 aliphatic rings. The average molecular weight is 219 g/mol. The second-order valence-corrected chi connectivity index (χ2v) is 4.40. The van der Waals surface area contributed by atoms with Crippen molar-refractivity contribution in [3.63, 3.8) is 0 Å². The Balaban J connectivity index is 2.69. The third-order valence-corrected chi connectivity index (χ3v) is 3.51. The molecule has 0 radical (unpaired) electrons. The number of hydrogen-bond donors (Lipinski definition) is 0. The minimum atomic E-state index is 1.07. The van der Waals surface area contributed by atoms with Crippen molar-refractivity contribution in [2.45, 2.75) is 20.3 Å². The van der Waals surface area contributed by atoms with Crippen LogP contribution in [0.1, 0.15) is 19.4 Å². The molecule has 0 saturated heterocycles. The lowest BCUT2D eigenvalue weighted by Gasteiger charge is -2.04. The standard InChI is InChI=1S/C17H15/c1-3-12-8-10-14-6-5-7-15-11-9-13(4-2)16(12)17(14)15/h5-11H,3H2,1-2H3/q+1. The van der Waals surface area contributed by atoms with Gasteiger partial charge in [0.1, 0.15) is 5.39 Å². The third-order valence-electron chi connectivity index (χ3n) is 3.51. The summed E-state index contributed by atoms with van der Waals surface area (Å²) >= 11 is 0. The predicted molar refractivity (Wildman–Crippen MR) is 75.1 cm³/mol. The van der Waals surface area contributed by atoms with Crippen LogP contribution in [0, 0.1) is 0 Å². The van der Waals surface area contributed by atoms with Gasteiger partial charge in [-0.25, -0.2) is 0 Å². The molecule has 82 valence electrons. The van der Waals surface area contributed by atoms with Crippen molar-refractivity contribution in [2.24, 2.45) is 0 Å². The van der Waals surface area contributed by atoms with Crippen molar-refractivity contribution in [1.82, 2.24) is 0 Å². The van der Waals surface area contributed by atoms with Crippen LogP contribution in [0.3, 0.4) is 0 Å². The molecule has 0 nitrogen and oxygen atoms in total. The molecule has 0 aliphatic carbocycles. The van der Waals surface area contributed by atoms with Gasteiger partial charge in [0, 0.05) is 30.0 Å². The fourth-order valence-electron chi connectivity index (χ4n) is 2.66. The van der Waals surface area contributed by atoms with Crippen LogP contribution in [0.2, 0.25) is 0 Å². The second kappa shape index (κ2) is 3.84. The number of hydrogen-bond acceptors (Lipinski definition) is 0. The largest absolute Gasteiger partial charge is 0.191 e. The van der Waals surface area contributed by atoms with E-state index in [0.29, 0.717) is 0 Å². The Labute approximate surface area is 102 Å². The molecular weight excluding hydrogens is 204 g/mol. The molecule has 0 saturated carbocycles. The van der Waals surface area contributed by atoms with Crippen molar-refractivity contribution in [1.29, 1.82) is 0 Å². The van der Waals surface area contributed by atoms with E-state index >= 15 is 0 Å². The topological polar surface area (TPSA) is 0 Å². The Morgan fingerprint density at radius 1 is 0.882 bits per heavy atom. The van der Waals surface area contributed by atoms with Crippen molar-refractivity contribution in [3.8, 4) is 0 Å². The summed E-state index contributed by atoms with van der Waals surface area (Å²) in [6.45, 7) is 4.21. The van der Waals surface area contributed by atoms with E-state index in [1.807, 2.05) is 6.92 Å². The first-order valence-electron chi connectivity index (χ1n) is 6.13. The highest BCUT2D eigenvalue weighted by Gasteiger charge is 2.12. The van der Waals surface area contributed by atoms with Crippen LogP contribution in [0.5, 0.6) is 0 Å². The van der Waals surface area contributed by atoms with E-state index in [9.17, 15) is 0 Å². The molecule has 0 amide bonds. The van der Waals surface area contributed by atoms with Crippen molar-refractivity contribution < 1.29 is 0 Å². The van der Waals surface area contributed by atoms with Gasteiger partial charge in [0.15, 0.2) is 5.22 Å². The summed E-state index contributed by atoms with van der Waals surface area (Å²) in [6, 6.07) is 15.4. The summed E-state index contributed by atoms with van der Waals surface area (Å²) in [4.78, 5) is 0. The van der Waals surface area contributed by atoms with Crippen molar-refractivity contribution in [2.75, 3.05) is 0 Å². The molecular formula is C17H15+. The monoisotopic (exact) mass is 219 g/mol. The number of rotatable bonds is 1. The highest BCUT2D eigenvalue weighted by molar-refractivity contribution is 6.11. The zero-order valence-corrected chi connectivity index (χ0v) is 10.2. The molecule has 0 N–H and O–H groups in total. The summed E-state index contributed by atoms with van der Waals surface area (Å²) < 4.78 is 0. The van der Waals surface area contributed by atoms with E-state index in [1.54, 1.807) is 0 Å². The second-order valence-electron chi connectivity index (χ2n) is 4.40. The highest BCUT2D eigenvalue weighted by Crippen LogP contribution is 2.27. The zero-order chi connectivity index (χ0) is 11.8. The molecule has 0 heteroatoms. The van der Waals surface area contributed by atoms with Crippen LogP contribution in [-0.4, -0.2) is 0 Å². The molecule has 0 bridgehead atoms. The number of benzene rings is 3. The maximum Gasteiger partial charge on any atom is 0.191 e. The van der Waals surface area contributed by atoms with Crippen molar-refractivity contribution >= 4 is 27.6 Å². The fraction of sp³-hybridized carbons (Fsp3) is 0.176. The molecule has 17 heavy (non-hydrogen) atoms. The molecule has 0 unspecified atom stereocenters. The molecule has 0 heterocycles. The predicted octanol–water partition coefficient (Wildman–Crippen LogP) is 3.95. The van der Waals surface area contributed by atoms with Gasteiger partial charge in [0.25, 0.3) is 0 Å². The van der Waals surface area contributed by atoms with Gasteiger partial charge in [-0.15, -0.1) is 0 Å². The average Bonchev–Trinajstić information content (AvgIpc) is 2.40. The summed E-state index contributed by atoms with van der Waals surface area (Å²) in [7, 11) is 0. The highest BCUT2D eigenvalue weighted by atomic mass is 14.1. The van der Waals surface area contributed by atoms with E-state index in [2.05, 4.69) is 55.5 Å². The van der Waals surface area contributed by atoms with Crippen LogP contribution >= 0.6 is 0 Å². The Morgan fingerprint density at radius 3 is 2.24 bits per heavy atom. The first-order valence-corrected chi connectivity index (χ1v) is 6.13. The van der Waals surface area contributed by atoms with E-state index in [1.165, 1.54) is 32.3 Å². The minimum absolute atomic E-state index is 1.07. The normalized spacial score (nSPS) is 12.2. The van der Waals surface area contributed by atoms with Crippen LogP contribution in [0.25, 0.3) is 27.6 Å². The van der Waals surface area contributed by atoms with Crippen molar-refractivity contribution in [3.05, 3.63) is 53.2 Å². The molecule has 0 aliphatic heterocycles. The smallest absolute Gasteiger partial charge is 0.0609 e. The molecule has 0 aromatic heterocycles. The first-order chi connectivity index (χ1) is 8.35. The van der Waals surface area contributed by atoms with E-state index in [-0.39, 0.29) is 0 Å². The Morgan fingerprint density at radius 2 is 1.59 bits per heavy atom. The van der Waals surface area contributed by atoms with Gasteiger partial charge in [-0.2, -0.15) is 0 Å². The third kappa shape index (κ3) is 1.42. The Hall–Kier alpha value is -1.91.